The van der Waals surface area contributed by atoms with E-state index in [4.69, 9.17) is 5.11 Å². The lowest BCUT2D eigenvalue weighted by Crippen LogP contribution is -2.29. The van der Waals surface area contributed by atoms with E-state index in [1.165, 1.54) is 18.4 Å². The molecule has 0 radical (unpaired) electrons. The standard InChI is InChI=1S/C12H14N2O4S2/c1-14(20(17,18)7-6-12(15)16)8-11-13-9-4-2-3-5-10(9)19-11/h2-5H,6-8H2,1H3,(H,15,16). The first kappa shape index (κ1) is 14.9. The van der Waals surface area contributed by atoms with Gasteiger partial charge in [-0.1, -0.05) is 12.1 Å². The monoisotopic (exact) mass is 314 g/mol. The van der Waals surface area contributed by atoms with Gasteiger partial charge in [-0.2, -0.15) is 4.31 Å². The van der Waals surface area contributed by atoms with Crippen LogP contribution in [-0.2, 0) is 21.4 Å². The minimum atomic E-state index is -3.57. The quantitative estimate of drug-likeness (QED) is 0.873. The second-order valence-corrected chi connectivity index (χ2v) is 7.60. The number of sulfonamides is 1. The van der Waals surface area contributed by atoms with E-state index in [1.807, 2.05) is 24.3 Å². The fourth-order valence-corrected chi connectivity index (χ4v) is 3.81. The number of aromatic nitrogens is 1. The van der Waals surface area contributed by atoms with Gasteiger partial charge < -0.3 is 5.11 Å². The Bertz CT molecular complexity index is 691. The first-order valence-corrected chi connectivity index (χ1v) is 8.31. The molecule has 0 unspecified atom stereocenters. The Morgan fingerprint density at radius 2 is 2.10 bits per heavy atom. The largest absolute Gasteiger partial charge is 0.481 e. The van der Waals surface area contributed by atoms with Gasteiger partial charge in [0.1, 0.15) is 5.01 Å². The topological polar surface area (TPSA) is 87.6 Å². The van der Waals surface area contributed by atoms with Crippen LogP contribution in [0, 0.1) is 0 Å². The van der Waals surface area contributed by atoms with Crippen LogP contribution in [0.15, 0.2) is 24.3 Å². The number of carboxylic acid groups (broad SMARTS) is 1. The zero-order chi connectivity index (χ0) is 14.8. The number of nitrogens with zero attached hydrogens (tertiary/aromatic N) is 2. The molecule has 2 rings (SSSR count). The number of hydrogen-bond acceptors (Lipinski definition) is 5. The maximum Gasteiger partial charge on any atom is 0.304 e. The van der Waals surface area contributed by atoms with Gasteiger partial charge in [-0.15, -0.1) is 11.3 Å². The number of para-hydroxylation sites is 1. The number of fused-ring (bicyclic) bond motifs is 1. The zero-order valence-electron chi connectivity index (χ0n) is 10.8. The lowest BCUT2D eigenvalue weighted by molar-refractivity contribution is -0.136. The number of carboxylic acids is 1. The highest BCUT2D eigenvalue weighted by Gasteiger charge is 2.20. The van der Waals surface area contributed by atoms with Crippen LogP contribution in [0.1, 0.15) is 11.4 Å². The van der Waals surface area contributed by atoms with E-state index in [9.17, 15) is 13.2 Å². The van der Waals surface area contributed by atoms with E-state index in [-0.39, 0.29) is 6.54 Å². The van der Waals surface area contributed by atoms with Crippen molar-refractivity contribution in [3.63, 3.8) is 0 Å². The van der Waals surface area contributed by atoms with Crippen molar-refractivity contribution in [1.29, 1.82) is 0 Å². The summed E-state index contributed by atoms with van der Waals surface area (Å²) in [6.07, 6.45) is -0.396. The molecule has 1 aromatic heterocycles. The molecule has 0 aliphatic heterocycles. The van der Waals surface area contributed by atoms with Gasteiger partial charge in [0.25, 0.3) is 0 Å². The third-order valence-electron chi connectivity index (χ3n) is 2.74. The third kappa shape index (κ3) is 3.53. The van der Waals surface area contributed by atoms with Crippen molar-refractivity contribution in [3.05, 3.63) is 29.3 Å². The second-order valence-electron chi connectivity index (χ2n) is 4.29. The molecule has 20 heavy (non-hydrogen) atoms. The molecule has 2 aromatic rings. The minimum Gasteiger partial charge on any atom is -0.481 e. The molecule has 1 heterocycles. The Labute approximate surface area is 120 Å². The minimum absolute atomic E-state index is 0.154. The summed E-state index contributed by atoms with van der Waals surface area (Å²) in [5.41, 5.74) is 0.837. The van der Waals surface area contributed by atoms with Crippen molar-refractivity contribution < 1.29 is 18.3 Å². The molecule has 0 atom stereocenters. The number of benzene rings is 1. The molecule has 6 nitrogen and oxygen atoms in total. The van der Waals surface area contributed by atoms with Crippen molar-refractivity contribution in [3.8, 4) is 0 Å². The van der Waals surface area contributed by atoms with Crippen molar-refractivity contribution >= 4 is 37.5 Å². The molecule has 108 valence electrons. The van der Waals surface area contributed by atoms with E-state index in [0.717, 1.165) is 14.5 Å². The van der Waals surface area contributed by atoms with Crippen LogP contribution in [0.2, 0.25) is 0 Å². The van der Waals surface area contributed by atoms with E-state index >= 15 is 0 Å². The smallest absolute Gasteiger partial charge is 0.304 e. The summed E-state index contributed by atoms with van der Waals surface area (Å²) >= 11 is 1.43. The van der Waals surface area contributed by atoms with Gasteiger partial charge in [0.05, 0.1) is 28.9 Å². The summed E-state index contributed by atoms with van der Waals surface area (Å²) in [7, 11) is -2.14. The Morgan fingerprint density at radius 3 is 2.75 bits per heavy atom. The molecule has 0 bridgehead atoms. The zero-order valence-corrected chi connectivity index (χ0v) is 12.4. The first-order chi connectivity index (χ1) is 9.38. The predicted octanol–water partition coefficient (Wildman–Crippen LogP) is 1.53. The van der Waals surface area contributed by atoms with Crippen LogP contribution < -0.4 is 0 Å². The summed E-state index contributed by atoms with van der Waals surface area (Å²) in [4.78, 5) is 14.8. The van der Waals surface area contributed by atoms with E-state index in [2.05, 4.69) is 4.98 Å². The molecule has 1 N–H and O–H groups in total. The Balaban J connectivity index is 2.10. The highest BCUT2D eigenvalue weighted by molar-refractivity contribution is 7.89. The molecule has 0 fully saturated rings. The van der Waals surface area contributed by atoms with Crippen molar-refractivity contribution in [2.24, 2.45) is 0 Å². The molecule has 0 aliphatic rings. The average Bonchev–Trinajstić information content (AvgIpc) is 2.78. The van der Waals surface area contributed by atoms with Crippen LogP contribution in [0.25, 0.3) is 10.2 Å². The number of rotatable bonds is 6. The molecule has 0 amide bonds. The normalized spacial score (nSPS) is 12.1. The van der Waals surface area contributed by atoms with Crippen molar-refractivity contribution in [1.82, 2.24) is 9.29 Å². The molecule has 0 saturated carbocycles. The maximum atomic E-state index is 11.9. The summed E-state index contributed by atoms with van der Waals surface area (Å²) in [6.45, 7) is 0.154. The van der Waals surface area contributed by atoms with Gasteiger partial charge in [0.2, 0.25) is 10.0 Å². The lowest BCUT2D eigenvalue weighted by atomic mass is 10.3. The molecule has 0 saturated heterocycles. The number of thiazole rings is 1. The number of aliphatic carboxylic acids is 1. The van der Waals surface area contributed by atoms with Crippen molar-refractivity contribution in [2.75, 3.05) is 12.8 Å². The predicted molar refractivity (Wildman–Crippen MR) is 77.1 cm³/mol. The number of hydrogen-bond donors (Lipinski definition) is 1. The fourth-order valence-electron chi connectivity index (χ4n) is 1.65. The molecule has 0 aliphatic carbocycles. The molecule has 8 heteroatoms. The van der Waals surface area contributed by atoms with Gasteiger partial charge >= 0.3 is 5.97 Å². The van der Waals surface area contributed by atoms with Crippen molar-refractivity contribution in [2.45, 2.75) is 13.0 Å². The maximum absolute atomic E-state index is 11.9. The Morgan fingerprint density at radius 1 is 1.40 bits per heavy atom. The van der Waals surface area contributed by atoms with Gasteiger partial charge in [0, 0.05) is 7.05 Å². The van der Waals surface area contributed by atoms with Gasteiger partial charge in [-0.25, -0.2) is 13.4 Å². The van der Waals surface area contributed by atoms with Crippen LogP contribution >= 0.6 is 11.3 Å². The van der Waals surface area contributed by atoms with Gasteiger partial charge in [0.15, 0.2) is 0 Å². The lowest BCUT2D eigenvalue weighted by Gasteiger charge is -2.14. The summed E-state index contributed by atoms with van der Waals surface area (Å²) in [6, 6.07) is 7.57. The third-order valence-corrected chi connectivity index (χ3v) is 5.56. The number of carbonyl (C=O) groups is 1. The van der Waals surface area contributed by atoms with Crippen LogP contribution in [0.3, 0.4) is 0 Å². The Kier molecular flexibility index (Phi) is 4.36. The van der Waals surface area contributed by atoms with Crippen LogP contribution in [0.5, 0.6) is 0 Å². The molecular formula is C12H14N2O4S2. The highest BCUT2D eigenvalue weighted by Crippen LogP contribution is 2.23. The molecular weight excluding hydrogens is 300 g/mol. The van der Waals surface area contributed by atoms with E-state index in [1.54, 1.807) is 0 Å². The average molecular weight is 314 g/mol. The van der Waals surface area contributed by atoms with Crippen LogP contribution in [0.4, 0.5) is 0 Å². The summed E-state index contributed by atoms with van der Waals surface area (Å²) < 4.78 is 25.9. The van der Waals surface area contributed by atoms with Crippen LogP contribution in [-0.4, -0.2) is 41.6 Å². The SMILES string of the molecule is CN(Cc1nc2ccccc2s1)S(=O)(=O)CCC(=O)O. The molecule has 0 spiro atoms. The Hall–Kier alpha value is -1.51. The second kappa shape index (κ2) is 5.86. The van der Waals surface area contributed by atoms with Gasteiger partial charge in [-0.05, 0) is 12.1 Å². The first-order valence-electron chi connectivity index (χ1n) is 5.89. The highest BCUT2D eigenvalue weighted by atomic mass is 32.2. The fraction of sp³-hybridized carbons (Fsp3) is 0.333. The van der Waals surface area contributed by atoms with Gasteiger partial charge in [-0.3, -0.25) is 4.79 Å². The summed E-state index contributed by atoms with van der Waals surface area (Å²) in [5, 5.41) is 9.24. The molecule has 1 aromatic carbocycles. The van der Waals surface area contributed by atoms with E-state index in [0.29, 0.717) is 5.01 Å². The summed E-state index contributed by atoms with van der Waals surface area (Å²) in [5.74, 6) is -1.52. The van der Waals surface area contributed by atoms with E-state index < -0.39 is 28.2 Å².